The quantitative estimate of drug-likeness (QED) is 0.884. The molecule has 1 aliphatic carbocycles. The first-order valence-corrected chi connectivity index (χ1v) is 7.70. The minimum Gasteiger partial charge on any atom is -0.349 e. The third-order valence-corrected chi connectivity index (χ3v) is 3.36. The van der Waals surface area contributed by atoms with Gasteiger partial charge in [-0.1, -0.05) is 11.6 Å². The number of hydrogen-bond donors (Lipinski definition) is 2. The predicted molar refractivity (Wildman–Crippen MR) is 70.4 cm³/mol. The van der Waals surface area contributed by atoms with Gasteiger partial charge in [-0.2, -0.15) is 0 Å². The predicted octanol–water partition coefficient (Wildman–Crippen LogP) is 1.60. The summed E-state index contributed by atoms with van der Waals surface area (Å²) in [6, 6.07) is 4.74. The zero-order valence-corrected chi connectivity index (χ0v) is 11.3. The summed E-state index contributed by atoms with van der Waals surface area (Å²) in [6.45, 7) is 0. The Morgan fingerprint density at radius 2 is 2.06 bits per heavy atom. The van der Waals surface area contributed by atoms with Gasteiger partial charge in [0.1, 0.15) is 0 Å². The van der Waals surface area contributed by atoms with Gasteiger partial charge in [-0.05, 0) is 31.0 Å². The van der Waals surface area contributed by atoms with Gasteiger partial charge >= 0.3 is 0 Å². The fourth-order valence-electron chi connectivity index (χ4n) is 1.44. The van der Waals surface area contributed by atoms with Crippen molar-refractivity contribution in [2.45, 2.75) is 18.9 Å². The number of amides is 1. The van der Waals surface area contributed by atoms with Crippen LogP contribution in [0.2, 0.25) is 5.02 Å². The lowest BCUT2D eigenvalue weighted by atomic mass is 10.2. The molecular formula is C11H13ClN2O3S. The molecule has 1 aliphatic rings. The molecule has 1 aromatic carbocycles. The van der Waals surface area contributed by atoms with Crippen molar-refractivity contribution in [1.82, 2.24) is 5.32 Å². The number of halogens is 1. The summed E-state index contributed by atoms with van der Waals surface area (Å²) >= 11 is 5.87. The van der Waals surface area contributed by atoms with Crippen molar-refractivity contribution in [3.63, 3.8) is 0 Å². The van der Waals surface area contributed by atoms with Crippen molar-refractivity contribution in [3.8, 4) is 0 Å². The Morgan fingerprint density at radius 1 is 1.39 bits per heavy atom. The van der Waals surface area contributed by atoms with Crippen molar-refractivity contribution in [2.24, 2.45) is 0 Å². The number of hydrogen-bond acceptors (Lipinski definition) is 3. The maximum absolute atomic E-state index is 11.8. The number of rotatable bonds is 4. The second kappa shape index (κ2) is 4.78. The summed E-state index contributed by atoms with van der Waals surface area (Å²) in [4.78, 5) is 11.8. The number of carbonyl (C=O) groups is 1. The number of carbonyl (C=O) groups excluding carboxylic acids is 1. The van der Waals surface area contributed by atoms with Gasteiger partial charge in [0.15, 0.2) is 0 Å². The highest BCUT2D eigenvalue weighted by atomic mass is 35.5. The molecule has 0 bridgehead atoms. The average molecular weight is 289 g/mol. The van der Waals surface area contributed by atoms with Gasteiger partial charge < -0.3 is 5.32 Å². The molecule has 0 atom stereocenters. The van der Waals surface area contributed by atoms with E-state index in [1.807, 2.05) is 0 Å². The summed E-state index contributed by atoms with van der Waals surface area (Å²) in [5.41, 5.74) is 0.597. The lowest BCUT2D eigenvalue weighted by Gasteiger charge is -2.09. The van der Waals surface area contributed by atoms with Gasteiger partial charge in [0, 0.05) is 11.6 Å². The van der Waals surface area contributed by atoms with Gasteiger partial charge in [0.05, 0.1) is 17.0 Å². The van der Waals surface area contributed by atoms with Crippen LogP contribution in [0.5, 0.6) is 0 Å². The van der Waals surface area contributed by atoms with Gasteiger partial charge in [-0.25, -0.2) is 8.42 Å². The summed E-state index contributed by atoms with van der Waals surface area (Å²) in [6.07, 6.45) is 3.02. The zero-order valence-electron chi connectivity index (χ0n) is 9.73. The fraction of sp³-hybridized carbons (Fsp3) is 0.364. The first-order chi connectivity index (χ1) is 8.35. The van der Waals surface area contributed by atoms with E-state index >= 15 is 0 Å². The zero-order chi connectivity index (χ0) is 13.3. The van der Waals surface area contributed by atoms with Crippen molar-refractivity contribution >= 4 is 33.2 Å². The molecule has 0 spiro atoms. The van der Waals surface area contributed by atoms with Gasteiger partial charge in [0.25, 0.3) is 5.91 Å². The number of anilines is 1. The van der Waals surface area contributed by atoms with E-state index in [1.165, 1.54) is 12.1 Å². The largest absolute Gasteiger partial charge is 0.349 e. The highest BCUT2D eigenvalue weighted by molar-refractivity contribution is 7.92. The van der Waals surface area contributed by atoms with Crippen LogP contribution in [0.1, 0.15) is 23.2 Å². The first kappa shape index (κ1) is 13.2. The van der Waals surface area contributed by atoms with E-state index in [9.17, 15) is 13.2 Å². The van der Waals surface area contributed by atoms with E-state index in [2.05, 4.69) is 10.0 Å². The molecule has 0 saturated heterocycles. The minimum atomic E-state index is -3.42. The Kier molecular flexibility index (Phi) is 3.49. The monoisotopic (exact) mass is 288 g/mol. The van der Waals surface area contributed by atoms with Crippen molar-refractivity contribution in [3.05, 3.63) is 28.8 Å². The van der Waals surface area contributed by atoms with E-state index < -0.39 is 10.0 Å². The number of benzene rings is 1. The molecule has 5 nitrogen and oxygen atoms in total. The smallest absolute Gasteiger partial charge is 0.251 e. The molecule has 18 heavy (non-hydrogen) atoms. The third-order valence-electron chi connectivity index (χ3n) is 2.44. The Morgan fingerprint density at radius 3 is 2.61 bits per heavy atom. The Hall–Kier alpha value is -1.27. The standard InChI is InChI=1S/C11H13ClN2O3S/c1-18(16,17)14-10-6-7(2-5-9(10)12)11(15)13-8-3-4-8/h2,5-6,8,14H,3-4H2,1H3,(H,13,15). The van der Waals surface area contributed by atoms with Gasteiger partial charge in [-0.3, -0.25) is 9.52 Å². The van der Waals surface area contributed by atoms with Crippen LogP contribution in [-0.2, 0) is 10.0 Å². The van der Waals surface area contributed by atoms with Gasteiger partial charge in [0.2, 0.25) is 10.0 Å². The van der Waals surface area contributed by atoms with Crippen LogP contribution in [0.3, 0.4) is 0 Å². The highest BCUT2D eigenvalue weighted by Gasteiger charge is 2.24. The molecule has 98 valence electrons. The summed E-state index contributed by atoms with van der Waals surface area (Å²) in [7, 11) is -3.42. The van der Waals surface area contributed by atoms with Crippen LogP contribution >= 0.6 is 11.6 Å². The number of nitrogens with one attached hydrogen (secondary N) is 2. The van der Waals surface area contributed by atoms with E-state index in [0.29, 0.717) is 5.56 Å². The topological polar surface area (TPSA) is 75.3 Å². The second-order valence-corrected chi connectivity index (χ2v) is 6.47. The summed E-state index contributed by atoms with van der Waals surface area (Å²) in [5.74, 6) is -0.217. The highest BCUT2D eigenvalue weighted by Crippen LogP contribution is 2.25. The molecule has 7 heteroatoms. The fourth-order valence-corrected chi connectivity index (χ4v) is 2.23. The maximum atomic E-state index is 11.8. The molecular weight excluding hydrogens is 276 g/mol. The molecule has 0 aliphatic heterocycles. The van der Waals surface area contributed by atoms with Crippen LogP contribution in [0, 0.1) is 0 Å². The third kappa shape index (κ3) is 3.61. The molecule has 2 N–H and O–H groups in total. The molecule has 1 aromatic rings. The maximum Gasteiger partial charge on any atom is 0.251 e. The van der Waals surface area contributed by atoms with Crippen LogP contribution in [0.15, 0.2) is 18.2 Å². The van der Waals surface area contributed by atoms with Crippen LogP contribution in [0.25, 0.3) is 0 Å². The SMILES string of the molecule is CS(=O)(=O)Nc1cc(C(=O)NC2CC2)ccc1Cl. The van der Waals surface area contributed by atoms with E-state index in [4.69, 9.17) is 11.6 Å². The normalized spacial score (nSPS) is 15.2. The Labute approximate surface area is 111 Å². The molecule has 1 saturated carbocycles. The van der Waals surface area contributed by atoms with Crippen LogP contribution in [0.4, 0.5) is 5.69 Å². The van der Waals surface area contributed by atoms with Gasteiger partial charge in [-0.15, -0.1) is 0 Å². The molecule has 0 heterocycles. The van der Waals surface area contributed by atoms with E-state index in [0.717, 1.165) is 19.1 Å². The average Bonchev–Trinajstić information content (AvgIpc) is 3.03. The summed E-state index contributed by atoms with van der Waals surface area (Å²) in [5, 5.41) is 3.07. The molecule has 2 rings (SSSR count). The van der Waals surface area contributed by atoms with Crippen molar-refractivity contribution < 1.29 is 13.2 Å². The molecule has 0 unspecified atom stereocenters. The van der Waals surface area contributed by atoms with Crippen molar-refractivity contribution in [2.75, 3.05) is 11.0 Å². The molecule has 1 fully saturated rings. The van der Waals surface area contributed by atoms with E-state index in [1.54, 1.807) is 6.07 Å². The van der Waals surface area contributed by atoms with Crippen LogP contribution < -0.4 is 10.0 Å². The number of sulfonamides is 1. The Bertz CT molecular complexity index is 582. The lowest BCUT2D eigenvalue weighted by molar-refractivity contribution is 0.0951. The second-order valence-electron chi connectivity index (χ2n) is 4.32. The van der Waals surface area contributed by atoms with Crippen molar-refractivity contribution in [1.29, 1.82) is 0 Å². The first-order valence-electron chi connectivity index (χ1n) is 5.43. The molecule has 1 amide bonds. The minimum absolute atomic E-state index is 0.211. The summed E-state index contributed by atoms with van der Waals surface area (Å²) < 4.78 is 24.6. The lowest BCUT2D eigenvalue weighted by Crippen LogP contribution is -2.25. The Balaban J connectivity index is 2.22. The van der Waals surface area contributed by atoms with E-state index in [-0.39, 0.29) is 22.7 Å². The van der Waals surface area contributed by atoms with Crippen LogP contribution in [-0.4, -0.2) is 26.6 Å². The molecule has 0 radical (unpaired) electrons. The molecule has 0 aromatic heterocycles.